The number of benzene rings is 2. The molecule has 0 spiro atoms. The number of para-hydroxylation sites is 1. The zero-order valence-electron chi connectivity index (χ0n) is 12.9. The zero-order valence-corrected chi connectivity index (χ0v) is 13.7. The van der Waals surface area contributed by atoms with Crippen LogP contribution in [-0.2, 0) is 5.41 Å². The lowest BCUT2D eigenvalue weighted by molar-refractivity contribution is 0.637. The summed E-state index contributed by atoms with van der Waals surface area (Å²) in [7, 11) is 2.07. The summed E-state index contributed by atoms with van der Waals surface area (Å²) in [5, 5.41) is 9.20. The Morgan fingerprint density at radius 2 is 1.73 bits per heavy atom. The lowest BCUT2D eigenvalue weighted by atomic mass is 9.84. The maximum atomic E-state index is 5.87. The molecule has 0 radical (unpaired) electrons. The van der Waals surface area contributed by atoms with E-state index >= 15 is 0 Å². The first kappa shape index (κ1) is 14.8. The molecule has 0 saturated heterocycles. The molecule has 0 bridgehead atoms. The Bertz CT molecular complexity index is 745. The second kappa shape index (κ2) is 5.58. The summed E-state index contributed by atoms with van der Waals surface area (Å²) in [4.78, 5) is 2.18. The third-order valence-electron chi connectivity index (χ3n) is 4.12. The van der Waals surface area contributed by atoms with Crippen molar-refractivity contribution in [3.63, 3.8) is 0 Å². The molecule has 1 aliphatic rings. The number of nitrogens with zero attached hydrogens (tertiary/aromatic N) is 3. The lowest BCUT2D eigenvalue weighted by Crippen LogP contribution is -2.22. The Labute approximate surface area is 135 Å². The molecule has 0 saturated carbocycles. The van der Waals surface area contributed by atoms with Crippen molar-refractivity contribution >= 4 is 23.0 Å². The molecule has 2 aromatic rings. The Hall–Kier alpha value is -2.13. The van der Waals surface area contributed by atoms with Crippen LogP contribution in [0.25, 0.3) is 0 Å². The van der Waals surface area contributed by atoms with Crippen LogP contribution in [0.4, 0.5) is 11.4 Å². The minimum absolute atomic E-state index is 0.0790. The molecule has 3 rings (SSSR count). The highest BCUT2D eigenvalue weighted by atomic mass is 35.5. The van der Waals surface area contributed by atoms with Crippen LogP contribution >= 0.6 is 11.6 Å². The molecule has 0 unspecified atom stereocenters. The predicted molar refractivity (Wildman–Crippen MR) is 91.9 cm³/mol. The van der Waals surface area contributed by atoms with Gasteiger partial charge in [-0.3, -0.25) is 0 Å². The van der Waals surface area contributed by atoms with Crippen molar-refractivity contribution in [2.24, 2.45) is 10.2 Å². The average molecular weight is 312 g/mol. The number of fused-ring (bicyclic) bond motifs is 1. The predicted octanol–water partition coefficient (Wildman–Crippen LogP) is 5.69. The first-order valence-electron chi connectivity index (χ1n) is 7.20. The summed E-state index contributed by atoms with van der Waals surface area (Å²) in [5.41, 5.74) is 4.37. The molecule has 0 fully saturated rings. The van der Waals surface area contributed by atoms with E-state index in [1.807, 2.05) is 30.5 Å². The lowest BCUT2D eigenvalue weighted by Gasteiger charge is -2.22. The van der Waals surface area contributed by atoms with Crippen LogP contribution in [-0.4, -0.2) is 7.05 Å². The molecule has 3 nitrogen and oxygen atoms in total. The third kappa shape index (κ3) is 2.53. The van der Waals surface area contributed by atoms with Gasteiger partial charge in [0, 0.05) is 28.9 Å². The maximum Gasteiger partial charge on any atom is 0.0857 e. The van der Waals surface area contributed by atoms with E-state index in [9.17, 15) is 0 Å². The standard InChI is InChI=1S/C18H18ClN3/c1-18(2)15-6-4-5-7-16(15)22(3)17(18)12-20-21-14-10-8-13(19)9-11-14/h4-12H,1-3H3/b17-12+,21-20?. The number of azo groups is 1. The molecule has 0 aliphatic carbocycles. The van der Waals surface area contributed by atoms with E-state index in [1.54, 1.807) is 0 Å². The van der Waals surface area contributed by atoms with E-state index in [0.29, 0.717) is 5.02 Å². The number of halogens is 1. The number of likely N-dealkylation sites (N-methyl/N-ethyl adjacent to an activating group) is 1. The minimum Gasteiger partial charge on any atom is -0.346 e. The number of hydrogen-bond donors (Lipinski definition) is 0. The quantitative estimate of drug-likeness (QED) is 0.654. The fraction of sp³-hybridized carbons (Fsp3) is 0.222. The summed E-state index contributed by atoms with van der Waals surface area (Å²) in [5.74, 6) is 0. The summed E-state index contributed by atoms with van der Waals surface area (Å²) < 4.78 is 0. The Balaban J connectivity index is 1.90. The van der Waals surface area contributed by atoms with E-state index in [2.05, 4.69) is 60.3 Å². The fourth-order valence-corrected chi connectivity index (χ4v) is 3.01. The highest BCUT2D eigenvalue weighted by Crippen LogP contribution is 2.46. The van der Waals surface area contributed by atoms with Crippen molar-refractivity contribution in [3.8, 4) is 0 Å². The van der Waals surface area contributed by atoms with Gasteiger partial charge in [-0.2, -0.15) is 10.2 Å². The summed E-state index contributed by atoms with van der Waals surface area (Å²) in [6.45, 7) is 4.41. The molecule has 2 aromatic carbocycles. The van der Waals surface area contributed by atoms with Gasteiger partial charge >= 0.3 is 0 Å². The number of anilines is 1. The van der Waals surface area contributed by atoms with Gasteiger partial charge in [-0.05, 0) is 35.9 Å². The van der Waals surface area contributed by atoms with Crippen LogP contribution in [0.2, 0.25) is 5.02 Å². The molecule has 1 aliphatic heterocycles. The van der Waals surface area contributed by atoms with Crippen LogP contribution < -0.4 is 4.90 Å². The summed E-state index contributed by atoms with van der Waals surface area (Å²) >= 11 is 5.87. The van der Waals surface area contributed by atoms with Gasteiger partial charge in [0.25, 0.3) is 0 Å². The van der Waals surface area contributed by atoms with Crippen LogP contribution in [0, 0.1) is 0 Å². The van der Waals surface area contributed by atoms with Gasteiger partial charge in [0.1, 0.15) is 0 Å². The van der Waals surface area contributed by atoms with Crippen molar-refractivity contribution in [3.05, 3.63) is 71.0 Å². The van der Waals surface area contributed by atoms with Gasteiger partial charge in [-0.15, -0.1) is 0 Å². The summed E-state index contributed by atoms with van der Waals surface area (Å²) in [6, 6.07) is 15.8. The Kier molecular flexibility index (Phi) is 3.75. The second-order valence-electron chi connectivity index (χ2n) is 5.91. The number of allylic oxidation sites excluding steroid dienone is 1. The summed E-state index contributed by atoms with van der Waals surface area (Å²) in [6.07, 6.45) is 1.84. The topological polar surface area (TPSA) is 28.0 Å². The smallest absolute Gasteiger partial charge is 0.0857 e. The van der Waals surface area contributed by atoms with Crippen molar-refractivity contribution in [1.82, 2.24) is 0 Å². The normalized spacial score (nSPS) is 18.2. The van der Waals surface area contributed by atoms with Crippen LogP contribution in [0.15, 0.2) is 70.7 Å². The monoisotopic (exact) mass is 311 g/mol. The molecule has 112 valence electrons. The van der Waals surface area contributed by atoms with Gasteiger partial charge < -0.3 is 4.90 Å². The van der Waals surface area contributed by atoms with Gasteiger partial charge in [0.05, 0.1) is 11.9 Å². The molecular formula is C18H18ClN3. The molecule has 4 heteroatoms. The minimum atomic E-state index is -0.0790. The molecule has 22 heavy (non-hydrogen) atoms. The number of rotatable bonds is 2. The second-order valence-corrected chi connectivity index (χ2v) is 6.34. The average Bonchev–Trinajstić information content (AvgIpc) is 2.70. The molecule has 0 atom stereocenters. The largest absolute Gasteiger partial charge is 0.346 e. The van der Waals surface area contributed by atoms with Crippen molar-refractivity contribution in [2.45, 2.75) is 19.3 Å². The Morgan fingerprint density at radius 1 is 1.05 bits per heavy atom. The number of hydrogen-bond acceptors (Lipinski definition) is 3. The SMILES string of the molecule is CN1/C(=C/N=Nc2ccc(Cl)cc2)C(C)(C)c2ccccc21. The molecule has 0 aromatic heterocycles. The third-order valence-corrected chi connectivity index (χ3v) is 4.37. The van der Waals surface area contributed by atoms with Gasteiger partial charge in [0.15, 0.2) is 0 Å². The van der Waals surface area contributed by atoms with E-state index in [4.69, 9.17) is 11.6 Å². The van der Waals surface area contributed by atoms with E-state index in [1.165, 1.54) is 11.3 Å². The first-order chi connectivity index (χ1) is 10.5. The van der Waals surface area contributed by atoms with E-state index in [0.717, 1.165) is 11.4 Å². The van der Waals surface area contributed by atoms with Crippen molar-refractivity contribution in [2.75, 3.05) is 11.9 Å². The van der Waals surface area contributed by atoms with Crippen LogP contribution in [0.1, 0.15) is 19.4 Å². The fourth-order valence-electron chi connectivity index (χ4n) is 2.89. The molecule has 0 N–H and O–H groups in total. The van der Waals surface area contributed by atoms with E-state index < -0.39 is 0 Å². The highest BCUT2D eigenvalue weighted by molar-refractivity contribution is 6.30. The maximum absolute atomic E-state index is 5.87. The highest BCUT2D eigenvalue weighted by Gasteiger charge is 2.38. The van der Waals surface area contributed by atoms with Crippen molar-refractivity contribution < 1.29 is 0 Å². The van der Waals surface area contributed by atoms with Gasteiger partial charge in [-0.1, -0.05) is 43.6 Å². The Morgan fingerprint density at radius 3 is 2.41 bits per heavy atom. The van der Waals surface area contributed by atoms with Gasteiger partial charge in [-0.25, -0.2) is 0 Å². The first-order valence-corrected chi connectivity index (χ1v) is 7.58. The van der Waals surface area contributed by atoms with Gasteiger partial charge in [0.2, 0.25) is 0 Å². The zero-order chi connectivity index (χ0) is 15.7. The molecule has 0 amide bonds. The van der Waals surface area contributed by atoms with E-state index in [-0.39, 0.29) is 5.41 Å². The molecular weight excluding hydrogens is 294 g/mol. The van der Waals surface area contributed by atoms with Crippen molar-refractivity contribution in [1.29, 1.82) is 0 Å². The van der Waals surface area contributed by atoms with Crippen LogP contribution in [0.5, 0.6) is 0 Å². The van der Waals surface area contributed by atoms with Crippen LogP contribution in [0.3, 0.4) is 0 Å². The molecule has 1 heterocycles.